The number of aromatic nitrogens is 2. The average Bonchev–Trinajstić information content (AvgIpc) is 3.25. The fourth-order valence-electron chi connectivity index (χ4n) is 3.42. The Hall–Kier alpha value is -4.08. The Morgan fingerprint density at radius 2 is 2.03 bits per heavy atom. The normalized spacial score (nSPS) is 10.9. The molecule has 0 bridgehead atoms. The van der Waals surface area contributed by atoms with E-state index in [1.165, 1.54) is 28.9 Å². The van der Waals surface area contributed by atoms with E-state index in [0.717, 1.165) is 28.9 Å². The fraction of sp³-hybridized carbons (Fsp3) is 0.192. The number of benzene rings is 2. The lowest BCUT2D eigenvalue weighted by Crippen LogP contribution is -2.16. The minimum Gasteiger partial charge on any atom is -0.497 e. The van der Waals surface area contributed by atoms with Gasteiger partial charge in [0.05, 0.1) is 24.8 Å². The van der Waals surface area contributed by atoms with Crippen molar-refractivity contribution in [3.05, 3.63) is 78.4 Å². The van der Waals surface area contributed by atoms with Crippen LogP contribution in [-0.2, 0) is 11.4 Å². The van der Waals surface area contributed by atoms with Crippen LogP contribution in [0, 0.1) is 11.2 Å². The number of halogens is 1. The number of fused-ring (bicyclic) bond motifs is 2. The number of likely N-dealkylation sites (N-methyl/N-ethyl adjacent to an activating group) is 1. The van der Waals surface area contributed by atoms with Crippen LogP contribution in [0.25, 0.3) is 21.8 Å². The van der Waals surface area contributed by atoms with Crippen molar-refractivity contribution < 1.29 is 23.8 Å². The number of aliphatic hydroxyl groups excluding tert-OH is 1. The molecule has 2 aromatic carbocycles. The molecule has 0 aliphatic carbocycles. The summed E-state index contributed by atoms with van der Waals surface area (Å²) in [5.41, 5.74) is 1.97. The highest BCUT2D eigenvalue weighted by atomic mass is 19.1. The second-order valence-corrected chi connectivity index (χ2v) is 7.37. The van der Waals surface area contributed by atoms with Gasteiger partial charge in [0, 0.05) is 41.3 Å². The van der Waals surface area contributed by atoms with Crippen LogP contribution < -0.4 is 14.8 Å². The predicted octanol–water partition coefficient (Wildman–Crippen LogP) is 3.69. The summed E-state index contributed by atoms with van der Waals surface area (Å²) < 4.78 is 25.5. The summed E-state index contributed by atoms with van der Waals surface area (Å²) in [6.07, 6.45) is 6.36. The van der Waals surface area contributed by atoms with Crippen LogP contribution in [0.2, 0.25) is 0 Å². The maximum absolute atomic E-state index is 13.2. The monoisotopic (exact) mass is 478 g/mol. The van der Waals surface area contributed by atoms with E-state index in [9.17, 15) is 14.3 Å². The van der Waals surface area contributed by atoms with E-state index in [2.05, 4.69) is 10.3 Å². The second kappa shape index (κ2) is 12.4. The molecule has 0 aliphatic heterocycles. The first kappa shape index (κ1) is 25.5. The third kappa shape index (κ3) is 6.28. The lowest BCUT2D eigenvalue weighted by Gasteiger charge is -2.09. The summed E-state index contributed by atoms with van der Waals surface area (Å²) >= 11 is 0. The van der Waals surface area contributed by atoms with E-state index in [1.54, 1.807) is 25.6 Å². The third-order valence-corrected chi connectivity index (χ3v) is 5.13. The van der Waals surface area contributed by atoms with E-state index in [-0.39, 0.29) is 12.4 Å². The number of ether oxygens (including phenoxy) is 2. The summed E-state index contributed by atoms with van der Waals surface area (Å²) in [6.45, 7) is 1.27. The Balaban J connectivity index is 0.000000196. The highest BCUT2D eigenvalue weighted by Crippen LogP contribution is 2.27. The van der Waals surface area contributed by atoms with Gasteiger partial charge in [0.15, 0.2) is 0 Å². The Labute approximate surface area is 202 Å². The molecule has 0 aliphatic rings. The molecule has 8 nitrogen and oxygen atoms in total. The van der Waals surface area contributed by atoms with Crippen molar-refractivity contribution in [2.75, 3.05) is 27.3 Å². The summed E-state index contributed by atoms with van der Waals surface area (Å²) in [5, 5.41) is 21.7. The smallest absolute Gasteiger partial charge is 0.142 e. The van der Waals surface area contributed by atoms with Crippen LogP contribution in [0.1, 0.15) is 5.56 Å². The van der Waals surface area contributed by atoms with Gasteiger partial charge in [0.2, 0.25) is 0 Å². The SMILES string of the molecule is CNCCOc1ccnc2cc(OC)ccc12.N=C(/C=C\C=O)n1cc(CO)c2ccc(F)cc21. The molecule has 0 fully saturated rings. The number of aliphatic hydroxyl groups is 1. The molecule has 35 heavy (non-hydrogen) atoms. The number of allylic oxidation sites excluding steroid dienone is 2. The highest BCUT2D eigenvalue weighted by molar-refractivity contribution is 6.02. The average molecular weight is 479 g/mol. The highest BCUT2D eigenvalue weighted by Gasteiger charge is 2.10. The van der Waals surface area contributed by atoms with Crippen LogP contribution in [-0.4, -0.2) is 54.1 Å². The first-order valence-electron chi connectivity index (χ1n) is 10.8. The zero-order chi connectivity index (χ0) is 25.2. The molecule has 4 aromatic rings. The predicted molar refractivity (Wildman–Crippen MR) is 134 cm³/mol. The second-order valence-electron chi connectivity index (χ2n) is 7.37. The van der Waals surface area contributed by atoms with Crippen LogP contribution in [0.5, 0.6) is 11.5 Å². The largest absolute Gasteiger partial charge is 0.497 e. The van der Waals surface area contributed by atoms with Crippen LogP contribution >= 0.6 is 0 Å². The van der Waals surface area contributed by atoms with Gasteiger partial charge in [-0.25, -0.2) is 4.39 Å². The number of nitrogens with zero attached hydrogens (tertiary/aromatic N) is 2. The molecule has 9 heteroatoms. The fourth-order valence-corrected chi connectivity index (χ4v) is 3.42. The minimum atomic E-state index is -0.418. The molecule has 0 amide bonds. The van der Waals surface area contributed by atoms with Gasteiger partial charge < -0.3 is 24.5 Å². The van der Waals surface area contributed by atoms with Crippen molar-refractivity contribution in [2.24, 2.45) is 0 Å². The molecule has 0 radical (unpaired) electrons. The van der Waals surface area contributed by atoms with Gasteiger partial charge in [-0.1, -0.05) is 0 Å². The number of hydrogen-bond donors (Lipinski definition) is 3. The molecule has 0 spiro atoms. The van der Waals surface area contributed by atoms with E-state index in [1.807, 2.05) is 31.3 Å². The number of carbonyl (C=O) groups is 1. The van der Waals surface area contributed by atoms with Crippen molar-refractivity contribution in [3.63, 3.8) is 0 Å². The molecule has 2 heterocycles. The minimum absolute atomic E-state index is 0.0254. The van der Waals surface area contributed by atoms with Gasteiger partial charge in [-0.3, -0.25) is 15.2 Å². The Morgan fingerprint density at radius 1 is 1.23 bits per heavy atom. The maximum Gasteiger partial charge on any atom is 0.142 e. The first-order valence-corrected chi connectivity index (χ1v) is 10.8. The van der Waals surface area contributed by atoms with E-state index in [0.29, 0.717) is 29.4 Å². The van der Waals surface area contributed by atoms with E-state index in [4.69, 9.17) is 14.9 Å². The molecule has 4 rings (SSSR count). The van der Waals surface area contributed by atoms with Crippen molar-refractivity contribution >= 4 is 33.9 Å². The quantitative estimate of drug-likeness (QED) is 0.117. The summed E-state index contributed by atoms with van der Waals surface area (Å²) in [6, 6.07) is 11.8. The maximum atomic E-state index is 13.2. The van der Waals surface area contributed by atoms with Gasteiger partial charge in [-0.05, 0) is 55.6 Å². The van der Waals surface area contributed by atoms with Gasteiger partial charge in [0.1, 0.15) is 36.0 Å². The zero-order valence-corrected chi connectivity index (χ0v) is 19.5. The topological polar surface area (TPSA) is 109 Å². The molecular weight excluding hydrogens is 451 g/mol. The Morgan fingerprint density at radius 3 is 2.74 bits per heavy atom. The molecule has 0 unspecified atom stereocenters. The first-order chi connectivity index (χ1) is 17.0. The lowest BCUT2D eigenvalue weighted by molar-refractivity contribution is -0.104. The van der Waals surface area contributed by atoms with Crippen LogP contribution in [0.15, 0.2) is 67.0 Å². The van der Waals surface area contributed by atoms with Gasteiger partial charge in [-0.15, -0.1) is 0 Å². The Kier molecular flexibility index (Phi) is 9.05. The molecule has 182 valence electrons. The zero-order valence-electron chi connectivity index (χ0n) is 19.5. The van der Waals surface area contributed by atoms with Crippen molar-refractivity contribution in [1.29, 1.82) is 5.41 Å². The lowest BCUT2D eigenvalue weighted by atomic mass is 10.2. The number of aldehydes is 1. The van der Waals surface area contributed by atoms with Crippen LogP contribution in [0.4, 0.5) is 4.39 Å². The molecule has 2 aromatic heterocycles. The summed E-state index contributed by atoms with van der Waals surface area (Å²) in [4.78, 5) is 14.5. The number of pyridine rings is 1. The third-order valence-electron chi connectivity index (χ3n) is 5.13. The molecule has 0 saturated carbocycles. The molecular formula is C26H27FN4O4. The number of nitrogens with one attached hydrogen (secondary N) is 2. The molecule has 0 atom stereocenters. The standard InChI is InChI=1S/C13H11FN2O2.C13H16N2O2/c14-10-3-4-11-9(8-18)7-16(12(11)6-10)13(15)2-1-5-17;1-14-7-8-17-13-5-6-15-12-9-10(16-2)3-4-11(12)13/h1-7,15,18H,8H2;3-6,9,14H,7-8H2,1-2H3/b2-1-,15-13?;. The Bertz CT molecular complexity index is 1350. The summed E-state index contributed by atoms with van der Waals surface area (Å²) in [5.74, 6) is 1.26. The van der Waals surface area contributed by atoms with Gasteiger partial charge in [-0.2, -0.15) is 0 Å². The van der Waals surface area contributed by atoms with Gasteiger partial charge in [0.25, 0.3) is 0 Å². The number of hydrogen-bond acceptors (Lipinski definition) is 7. The van der Waals surface area contributed by atoms with E-state index >= 15 is 0 Å². The van der Waals surface area contributed by atoms with Crippen molar-refractivity contribution in [2.45, 2.75) is 6.61 Å². The number of rotatable bonds is 8. The van der Waals surface area contributed by atoms with E-state index < -0.39 is 5.82 Å². The molecule has 3 N–H and O–H groups in total. The number of methoxy groups -OCH3 is 1. The van der Waals surface area contributed by atoms with Crippen LogP contribution in [0.3, 0.4) is 0 Å². The summed E-state index contributed by atoms with van der Waals surface area (Å²) in [7, 11) is 3.55. The van der Waals surface area contributed by atoms with Gasteiger partial charge >= 0.3 is 0 Å². The molecule has 0 saturated heterocycles. The van der Waals surface area contributed by atoms with Crippen molar-refractivity contribution in [3.8, 4) is 11.5 Å². The van der Waals surface area contributed by atoms with Crippen molar-refractivity contribution in [1.82, 2.24) is 14.9 Å². The number of carbonyl (C=O) groups excluding carboxylic acids is 1.